The van der Waals surface area contributed by atoms with Crippen LogP contribution in [0.3, 0.4) is 0 Å². The Labute approximate surface area is 208 Å². The minimum atomic E-state index is -0.637. The fourth-order valence-electron chi connectivity index (χ4n) is 4.27. The van der Waals surface area contributed by atoms with Crippen LogP contribution in [0.4, 0.5) is 21.6 Å². The topological polar surface area (TPSA) is 115 Å². The zero-order valence-electron chi connectivity index (χ0n) is 19.4. The van der Waals surface area contributed by atoms with E-state index in [1.807, 2.05) is 6.07 Å². The van der Waals surface area contributed by atoms with E-state index in [1.54, 1.807) is 42.5 Å². The van der Waals surface area contributed by atoms with Crippen LogP contribution in [0.15, 0.2) is 84.9 Å². The van der Waals surface area contributed by atoms with Crippen LogP contribution >= 0.6 is 0 Å². The van der Waals surface area contributed by atoms with Gasteiger partial charge in [-0.05, 0) is 78.9 Å². The number of carbonyl (C=O) groups is 1. The van der Waals surface area contributed by atoms with Gasteiger partial charge in [-0.25, -0.2) is 15.2 Å². The second-order valence-electron chi connectivity index (χ2n) is 8.77. The number of pyridine rings is 1. The summed E-state index contributed by atoms with van der Waals surface area (Å²) in [6, 6.07) is 25.1. The van der Waals surface area contributed by atoms with Crippen LogP contribution in [0.25, 0.3) is 11.3 Å². The van der Waals surface area contributed by atoms with Gasteiger partial charge in [0.25, 0.3) is 5.91 Å². The predicted molar refractivity (Wildman–Crippen MR) is 139 cm³/mol. The number of nitrogens with two attached hydrogens (primary N) is 2. The Bertz CT molecular complexity index is 1370. The molecule has 1 aliphatic carbocycles. The normalized spacial score (nSPS) is 16.6. The molecule has 0 atom stereocenters. The number of anilines is 3. The lowest BCUT2D eigenvalue weighted by molar-refractivity contribution is 0.0984. The highest BCUT2D eigenvalue weighted by molar-refractivity contribution is 6.05. The van der Waals surface area contributed by atoms with Gasteiger partial charge in [-0.1, -0.05) is 30.3 Å². The van der Waals surface area contributed by atoms with E-state index >= 15 is 0 Å². The van der Waals surface area contributed by atoms with Crippen LogP contribution in [-0.2, 0) is 0 Å². The minimum absolute atomic E-state index is 0.102. The van der Waals surface area contributed by atoms with E-state index < -0.39 is 11.7 Å². The number of rotatable bonds is 7. The highest BCUT2D eigenvalue weighted by Gasteiger charge is 2.31. The van der Waals surface area contributed by atoms with Crippen molar-refractivity contribution in [1.29, 1.82) is 0 Å². The molecule has 0 saturated heterocycles. The molecule has 1 fully saturated rings. The molecule has 1 amide bonds. The average Bonchev–Trinajstić information content (AvgIpc) is 2.88. The molecule has 6 N–H and O–H groups in total. The van der Waals surface area contributed by atoms with E-state index in [9.17, 15) is 9.18 Å². The van der Waals surface area contributed by atoms with Gasteiger partial charge in [0.2, 0.25) is 0 Å². The Kier molecular flexibility index (Phi) is 6.51. The average molecular weight is 484 g/mol. The van der Waals surface area contributed by atoms with E-state index in [1.165, 1.54) is 17.7 Å². The molecule has 3 aromatic carbocycles. The summed E-state index contributed by atoms with van der Waals surface area (Å²) in [6.45, 7) is 0. The summed E-state index contributed by atoms with van der Waals surface area (Å²) in [5.41, 5.74) is 11.4. The lowest BCUT2D eigenvalue weighted by atomic mass is 9.77. The van der Waals surface area contributed by atoms with Gasteiger partial charge in [0.05, 0.1) is 23.0 Å². The van der Waals surface area contributed by atoms with Gasteiger partial charge in [0.1, 0.15) is 11.6 Å². The van der Waals surface area contributed by atoms with Gasteiger partial charge in [-0.15, -0.1) is 0 Å². The lowest BCUT2D eigenvalue weighted by Crippen LogP contribution is -2.32. The smallest absolute Gasteiger partial charge is 0.258 e. The zero-order chi connectivity index (χ0) is 25.1. The van der Waals surface area contributed by atoms with Gasteiger partial charge in [0.15, 0.2) is 5.82 Å². The number of amides is 1. The second kappa shape index (κ2) is 10.1. The number of carbonyl (C=O) groups excluding carboxylic acids is 1. The summed E-state index contributed by atoms with van der Waals surface area (Å²) in [5, 5.41) is 2.74. The summed E-state index contributed by atoms with van der Waals surface area (Å²) < 4.78 is 20.6. The van der Waals surface area contributed by atoms with Gasteiger partial charge in [-0.3, -0.25) is 4.79 Å². The molecule has 0 unspecified atom stereocenters. The molecule has 1 heterocycles. The number of hydrazine groups is 1. The first-order valence-electron chi connectivity index (χ1n) is 11.7. The largest absolute Gasteiger partial charge is 0.490 e. The summed E-state index contributed by atoms with van der Waals surface area (Å²) in [4.78, 5) is 17.1. The Balaban J connectivity index is 1.22. The molecule has 4 aromatic rings. The third kappa shape index (κ3) is 4.99. The monoisotopic (exact) mass is 483 g/mol. The number of hydrogen-bond acceptors (Lipinski definition) is 6. The molecule has 0 radical (unpaired) electrons. The molecule has 1 aromatic heterocycles. The SMILES string of the molecule is NNc1nc(-c2ccc(F)c(C(=O)Nc3ccc(OC4CC(c5ccccc5)C4)cc3)c2)ccc1N. The van der Waals surface area contributed by atoms with Gasteiger partial charge in [0, 0.05) is 11.3 Å². The molecule has 1 saturated carbocycles. The first-order valence-corrected chi connectivity index (χ1v) is 11.7. The number of nitrogens with one attached hydrogen (secondary N) is 2. The molecule has 182 valence electrons. The number of nitrogens with zero attached hydrogens (tertiary/aromatic N) is 1. The van der Waals surface area contributed by atoms with Crippen molar-refractivity contribution in [3.63, 3.8) is 0 Å². The Morgan fingerprint density at radius 2 is 1.72 bits per heavy atom. The van der Waals surface area contributed by atoms with Crippen LogP contribution in [0, 0.1) is 5.82 Å². The molecule has 0 spiro atoms. The zero-order valence-corrected chi connectivity index (χ0v) is 19.4. The number of halogens is 1. The molecular weight excluding hydrogens is 457 g/mol. The van der Waals surface area contributed by atoms with Crippen LogP contribution in [0.2, 0.25) is 0 Å². The van der Waals surface area contributed by atoms with Crippen molar-refractivity contribution < 1.29 is 13.9 Å². The molecular formula is C28H26FN5O2. The number of hydrogen-bond donors (Lipinski definition) is 4. The minimum Gasteiger partial charge on any atom is -0.490 e. The maximum Gasteiger partial charge on any atom is 0.258 e. The van der Waals surface area contributed by atoms with E-state index in [0.29, 0.717) is 34.4 Å². The third-order valence-corrected chi connectivity index (χ3v) is 6.35. The lowest BCUT2D eigenvalue weighted by Gasteiger charge is -2.35. The van der Waals surface area contributed by atoms with Gasteiger partial charge in [-0.2, -0.15) is 0 Å². The molecule has 8 heteroatoms. The maximum atomic E-state index is 14.5. The maximum absolute atomic E-state index is 14.5. The standard InChI is InChI=1S/C28H26FN5O2/c29-24-11-6-18(26-13-12-25(30)27(33-26)34-31)16-23(24)28(35)32-20-7-9-21(10-8-20)36-22-14-19(15-22)17-4-2-1-3-5-17/h1-13,16,19,22H,14-15,30-31H2,(H,32,35)(H,33,34). The van der Waals surface area contributed by atoms with Crippen LogP contribution in [0.5, 0.6) is 5.75 Å². The summed E-state index contributed by atoms with van der Waals surface area (Å²) in [7, 11) is 0. The molecule has 5 rings (SSSR count). The van der Waals surface area contributed by atoms with E-state index in [-0.39, 0.29) is 11.7 Å². The Morgan fingerprint density at radius 3 is 2.44 bits per heavy atom. The fourth-order valence-corrected chi connectivity index (χ4v) is 4.27. The van der Waals surface area contributed by atoms with Crippen LogP contribution in [0.1, 0.15) is 34.7 Å². The highest BCUT2D eigenvalue weighted by atomic mass is 19.1. The summed E-state index contributed by atoms with van der Waals surface area (Å²) in [5.74, 6) is 5.79. The molecule has 0 bridgehead atoms. The van der Waals surface area contributed by atoms with Crippen molar-refractivity contribution in [1.82, 2.24) is 4.98 Å². The van der Waals surface area contributed by atoms with Crippen molar-refractivity contribution in [2.24, 2.45) is 5.84 Å². The van der Waals surface area contributed by atoms with Crippen LogP contribution < -0.4 is 27.1 Å². The molecule has 7 nitrogen and oxygen atoms in total. The Morgan fingerprint density at radius 1 is 0.972 bits per heavy atom. The van der Waals surface area contributed by atoms with Crippen molar-refractivity contribution >= 4 is 23.1 Å². The predicted octanol–water partition coefficient (Wildman–Crippen LogP) is 5.33. The van der Waals surface area contributed by atoms with Crippen LogP contribution in [-0.4, -0.2) is 17.0 Å². The van der Waals surface area contributed by atoms with E-state index in [4.69, 9.17) is 16.3 Å². The number of aromatic nitrogens is 1. The van der Waals surface area contributed by atoms with Gasteiger partial charge < -0.3 is 21.2 Å². The molecule has 36 heavy (non-hydrogen) atoms. The Hall–Kier alpha value is -4.43. The fraction of sp³-hybridized carbons (Fsp3) is 0.143. The number of nitrogen functional groups attached to an aromatic ring is 2. The summed E-state index contributed by atoms with van der Waals surface area (Å²) in [6.07, 6.45) is 2.12. The van der Waals surface area contributed by atoms with Crippen molar-refractivity contribution in [3.8, 4) is 17.0 Å². The third-order valence-electron chi connectivity index (χ3n) is 6.35. The first kappa shape index (κ1) is 23.3. The van der Waals surface area contributed by atoms with Gasteiger partial charge >= 0.3 is 0 Å². The molecule has 0 aliphatic heterocycles. The van der Waals surface area contributed by atoms with E-state index in [2.05, 4.69) is 40.0 Å². The van der Waals surface area contributed by atoms with Crippen molar-refractivity contribution in [3.05, 3.63) is 102 Å². The van der Waals surface area contributed by atoms with Crippen molar-refractivity contribution in [2.45, 2.75) is 24.9 Å². The quantitative estimate of drug-likeness (QED) is 0.209. The number of benzene rings is 3. The summed E-state index contributed by atoms with van der Waals surface area (Å²) >= 11 is 0. The highest BCUT2D eigenvalue weighted by Crippen LogP contribution is 2.39. The van der Waals surface area contributed by atoms with Crippen molar-refractivity contribution in [2.75, 3.05) is 16.5 Å². The number of ether oxygens (including phenoxy) is 1. The second-order valence-corrected chi connectivity index (χ2v) is 8.77. The van der Waals surface area contributed by atoms with E-state index in [0.717, 1.165) is 18.6 Å². The first-order chi connectivity index (χ1) is 17.5. The molecule has 1 aliphatic rings.